The van der Waals surface area contributed by atoms with Crippen LogP contribution in [0.2, 0.25) is 0 Å². The molecule has 0 aliphatic carbocycles. The van der Waals surface area contributed by atoms with Gasteiger partial charge in [0.2, 0.25) is 10.0 Å². The molecular formula is C12H15FN2O4S. The number of nitrogens with one attached hydrogen (secondary N) is 1. The first-order valence-electron chi connectivity index (χ1n) is 6.09. The maximum Gasteiger partial charge on any atom is 0.254 e. The zero-order valence-corrected chi connectivity index (χ0v) is 11.5. The van der Waals surface area contributed by atoms with Gasteiger partial charge in [-0.05, 0) is 31.0 Å². The molecule has 1 saturated heterocycles. The quantitative estimate of drug-likeness (QED) is 0.843. The van der Waals surface area contributed by atoms with Crippen LogP contribution in [0.3, 0.4) is 0 Å². The SMILES string of the molecule is NS(=O)(=O)c1ccc(C(=O)NC2CCCOC2)c(F)c1. The first kappa shape index (κ1) is 14.9. The van der Waals surface area contributed by atoms with Crippen molar-refractivity contribution in [2.24, 2.45) is 5.14 Å². The molecule has 1 aromatic rings. The van der Waals surface area contributed by atoms with Gasteiger partial charge in [-0.3, -0.25) is 4.79 Å². The minimum atomic E-state index is -3.99. The van der Waals surface area contributed by atoms with Gasteiger partial charge >= 0.3 is 0 Å². The normalized spacial score (nSPS) is 19.6. The van der Waals surface area contributed by atoms with Crippen LogP contribution >= 0.6 is 0 Å². The summed E-state index contributed by atoms with van der Waals surface area (Å²) in [4.78, 5) is 11.5. The molecule has 1 amide bonds. The number of primary sulfonamides is 1. The van der Waals surface area contributed by atoms with Crippen molar-refractivity contribution in [2.45, 2.75) is 23.8 Å². The molecule has 0 radical (unpaired) electrons. The predicted molar refractivity (Wildman–Crippen MR) is 69.1 cm³/mol. The second-order valence-corrected chi connectivity index (χ2v) is 6.14. The number of halogens is 1. The molecule has 0 saturated carbocycles. The smallest absolute Gasteiger partial charge is 0.254 e. The molecule has 0 bridgehead atoms. The largest absolute Gasteiger partial charge is 0.379 e. The van der Waals surface area contributed by atoms with Gasteiger partial charge in [-0.15, -0.1) is 0 Å². The van der Waals surface area contributed by atoms with Gasteiger partial charge in [0, 0.05) is 6.61 Å². The van der Waals surface area contributed by atoms with Gasteiger partial charge in [-0.2, -0.15) is 0 Å². The summed E-state index contributed by atoms with van der Waals surface area (Å²) in [7, 11) is -3.99. The van der Waals surface area contributed by atoms with Gasteiger partial charge in [0.25, 0.3) is 5.91 Å². The number of sulfonamides is 1. The zero-order chi connectivity index (χ0) is 14.8. The number of carbonyl (C=O) groups is 1. The van der Waals surface area contributed by atoms with E-state index in [1.54, 1.807) is 0 Å². The number of carbonyl (C=O) groups excluding carboxylic acids is 1. The number of amides is 1. The van der Waals surface area contributed by atoms with Crippen LogP contribution in [0, 0.1) is 5.82 Å². The van der Waals surface area contributed by atoms with Crippen molar-refractivity contribution in [2.75, 3.05) is 13.2 Å². The summed E-state index contributed by atoms with van der Waals surface area (Å²) in [5.41, 5.74) is -0.219. The van der Waals surface area contributed by atoms with Gasteiger partial charge in [0.05, 0.1) is 23.1 Å². The lowest BCUT2D eigenvalue weighted by atomic mass is 10.1. The summed E-state index contributed by atoms with van der Waals surface area (Å²) in [6.45, 7) is 1.05. The van der Waals surface area contributed by atoms with E-state index in [4.69, 9.17) is 9.88 Å². The van der Waals surface area contributed by atoms with Crippen LogP contribution in [0.25, 0.3) is 0 Å². The Hall–Kier alpha value is -1.51. The monoisotopic (exact) mass is 302 g/mol. The maximum atomic E-state index is 13.8. The Kier molecular flexibility index (Phi) is 4.36. The van der Waals surface area contributed by atoms with Crippen LogP contribution in [-0.4, -0.2) is 33.6 Å². The summed E-state index contributed by atoms with van der Waals surface area (Å²) in [5, 5.41) is 7.54. The van der Waals surface area contributed by atoms with E-state index < -0.39 is 21.7 Å². The summed E-state index contributed by atoms with van der Waals surface area (Å²) < 4.78 is 41.1. The number of hydrogen-bond donors (Lipinski definition) is 2. The number of hydrogen-bond acceptors (Lipinski definition) is 4. The number of ether oxygens (including phenoxy) is 1. The molecule has 1 atom stereocenters. The lowest BCUT2D eigenvalue weighted by Crippen LogP contribution is -2.40. The molecule has 1 unspecified atom stereocenters. The highest BCUT2D eigenvalue weighted by atomic mass is 32.2. The van der Waals surface area contributed by atoms with Gasteiger partial charge in [-0.1, -0.05) is 0 Å². The van der Waals surface area contributed by atoms with Crippen molar-refractivity contribution in [1.82, 2.24) is 5.32 Å². The molecule has 1 aliphatic heterocycles. The Morgan fingerprint density at radius 2 is 2.20 bits per heavy atom. The average molecular weight is 302 g/mol. The fourth-order valence-electron chi connectivity index (χ4n) is 1.97. The van der Waals surface area contributed by atoms with E-state index in [9.17, 15) is 17.6 Å². The van der Waals surface area contributed by atoms with Crippen molar-refractivity contribution < 1.29 is 22.3 Å². The van der Waals surface area contributed by atoms with Crippen molar-refractivity contribution in [1.29, 1.82) is 0 Å². The Balaban J connectivity index is 2.14. The summed E-state index contributed by atoms with van der Waals surface area (Å²) >= 11 is 0. The van der Waals surface area contributed by atoms with E-state index in [0.29, 0.717) is 13.2 Å². The molecule has 110 valence electrons. The molecule has 6 nitrogen and oxygen atoms in total. The molecule has 1 aliphatic rings. The third-order valence-corrected chi connectivity index (χ3v) is 3.92. The van der Waals surface area contributed by atoms with Gasteiger partial charge < -0.3 is 10.1 Å². The van der Waals surface area contributed by atoms with Crippen LogP contribution in [0.15, 0.2) is 23.1 Å². The van der Waals surface area contributed by atoms with E-state index >= 15 is 0 Å². The second-order valence-electron chi connectivity index (χ2n) is 4.57. The summed E-state index contributed by atoms with van der Waals surface area (Å²) in [6.07, 6.45) is 1.60. The number of benzene rings is 1. The van der Waals surface area contributed by atoms with Crippen LogP contribution in [0.1, 0.15) is 23.2 Å². The topological polar surface area (TPSA) is 98.5 Å². The van der Waals surface area contributed by atoms with Gasteiger partial charge in [0.15, 0.2) is 0 Å². The zero-order valence-electron chi connectivity index (χ0n) is 10.6. The highest BCUT2D eigenvalue weighted by Gasteiger charge is 2.20. The second kappa shape index (κ2) is 5.86. The van der Waals surface area contributed by atoms with E-state index in [-0.39, 0.29) is 16.5 Å². The Morgan fingerprint density at radius 1 is 1.45 bits per heavy atom. The third-order valence-electron chi connectivity index (χ3n) is 3.01. The molecule has 1 fully saturated rings. The van der Waals surface area contributed by atoms with Crippen LogP contribution in [-0.2, 0) is 14.8 Å². The van der Waals surface area contributed by atoms with E-state index in [1.165, 1.54) is 0 Å². The minimum absolute atomic E-state index is 0.159. The molecule has 0 aromatic heterocycles. The molecule has 3 N–H and O–H groups in total. The lowest BCUT2D eigenvalue weighted by molar-refractivity contribution is 0.0622. The van der Waals surface area contributed by atoms with Crippen LogP contribution in [0.5, 0.6) is 0 Å². The molecule has 0 spiro atoms. The number of nitrogens with two attached hydrogens (primary N) is 1. The molecule has 2 rings (SSSR count). The first-order valence-corrected chi connectivity index (χ1v) is 7.63. The molecule has 8 heteroatoms. The Labute approximate surface area is 116 Å². The maximum absolute atomic E-state index is 13.8. The Morgan fingerprint density at radius 3 is 2.75 bits per heavy atom. The van der Waals surface area contributed by atoms with Crippen LogP contribution < -0.4 is 10.5 Å². The van der Waals surface area contributed by atoms with E-state index in [0.717, 1.165) is 31.0 Å². The first-order chi connectivity index (χ1) is 9.38. The van der Waals surface area contributed by atoms with Crippen molar-refractivity contribution >= 4 is 15.9 Å². The molecule has 1 aromatic carbocycles. The molecule has 1 heterocycles. The third kappa shape index (κ3) is 3.53. The van der Waals surface area contributed by atoms with Crippen molar-refractivity contribution in [3.63, 3.8) is 0 Å². The summed E-state index contributed by atoms with van der Waals surface area (Å²) in [5.74, 6) is -1.52. The predicted octanol–water partition coefficient (Wildman–Crippen LogP) is 0.382. The number of rotatable bonds is 3. The van der Waals surface area contributed by atoms with Gasteiger partial charge in [0.1, 0.15) is 5.82 Å². The molecular weight excluding hydrogens is 287 g/mol. The van der Waals surface area contributed by atoms with E-state index in [2.05, 4.69) is 5.32 Å². The van der Waals surface area contributed by atoms with E-state index in [1.807, 2.05) is 0 Å². The fraction of sp³-hybridized carbons (Fsp3) is 0.417. The van der Waals surface area contributed by atoms with Gasteiger partial charge in [-0.25, -0.2) is 17.9 Å². The van der Waals surface area contributed by atoms with Crippen molar-refractivity contribution in [3.8, 4) is 0 Å². The summed E-state index contributed by atoms with van der Waals surface area (Å²) in [6, 6.07) is 2.79. The highest BCUT2D eigenvalue weighted by Crippen LogP contribution is 2.15. The minimum Gasteiger partial charge on any atom is -0.379 e. The fourth-order valence-corrected chi connectivity index (χ4v) is 2.50. The van der Waals surface area contributed by atoms with Crippen LogP contribution in [0.4, 0.5) is 4.39 Å². The van der Waals surface area contributed by atoms with Crippen molar-refractivity contribution in [3.05, 3.63) is 29.6 Å². The standard InChI is InChI=1S/C12H15FN2O4S/c13-11-6-9(20(14,17)18)3-4-10(11)12(16)15-8-2-1-5-19-7-8/h3-4,6,8H,1-2,5,7H2,(H,15,16)(H2,14,17,18). The molecule has 20 heavy (non-hydrogen) atoms. The highest BCUT2D eigenvalue weighted by molar-refractivity contribution is 7.89. The Bertz CT molecular complexity index is 612. The lowest BCUT2D eigenvalue weighted by Gasteiger charge is -2.23. The average Bonchev–Trinajstić information content (AvgIpc) is 2.38.